The Bertz CT molecular complexity index is 740. The molecule has 3 heterocycles. The van der Waals surface area contributed by atoms with Gasteiger partial charge in [0.15, 0.2) is 17.6 Å². The van der Waals surface area contributed by atoms with Crippen molar-refractivity contribution < 1.29 is 4.39 Å². The Labute approximate surface area is 151 Å². The average Bonchev–Trinajstić information content (AvgIpc) is 3.19. The molecule has 1 fully saturated rings. The lowest BCUT2D eigenvalue weighted by molar-refractivity contribution is 0.612. The maximum Gasteiger partial charge on any atom is 0.191 e. The molecule has 0 saturated carbocycles. The van der Waals surface area contributed by atoms with E-state index in [0.29, 0.717) is 18.9 Å². The third kappa shape index (κ3) is 4.25. The molecule has 2 aromatic heterocycles. The quantitative estimate of drug-likeness (QED) is 0.645. The van der Waals surface area contributed by atoms with Crippen LogP contribution < -0.4 is 15.5 Å². The summed E-state index contributed by atoms with van der Waals surface area (Å²) in [5, 5.41) is 7.74. The molecule has 2 aromatic rings. The highest BCUT2D eigenvalue weighted by molar-refractivity contribution is 7.11. The number of guanidine groups is 1. The number of nitrogens with zero attached hydrogens (tertiary/aromatic N) is 4. The Morgan fingerprint density at radius 3 is 3.00 bits per heavy atom. The molecule has 0 aliphatic carbocycles. The van der Waals surface area contributed by atoms with Gasteiger partial charge >= 0.3 is 0 Å². The second-order valence-corrected chi connectivity index (χ2v) is 7.35. The van der Waals surface area contributed by atoms with Crippen LogP contribution in [0, 0.1) is 19.7 Å². The number of pyridine rings is 1. The summed E-state index contributed by atoms with van der Waals surface area (Å²) in [7, 11) is 1.75. The second-order valence-electron chi connectivity index (χ2n) is 6.06. The van der Waals surface area contributed by atoms with Gasteiger partial charge in [0, 0.05) is 37.3 Å². The molecule has 1 aliphatic heterocycles. The third-order valence-electron chi connectivity index (χ3n) is 4.27. The highest BCUT2D eigenvalue weighted by Gasteiger charge is 2.25. The maximum absolute atomic E-state index is 13.9. The molecule has 1 atom stereocenters. The molecule has 1 unspecified atom stereocenters. The van der Waals surface area contributed by atoms with E-state index in [9.17, 15) is 4.39 Å². The zero-order chi connectivity index (χ0) is 17.8. The van der Waals surface area contributed by atoms with Crippen molar-refractivity contribution in [2.45, 2.75) is 32.9 Å². The topological polar surface area (TPSA) is 65.4 Å². The lowest BCUT2D eigenvalue weighted by Crippen LogP contribution is -2.44. The standard InChI is InChI=1S/C17H23FN6S/c1-11-12(2)25-15(22-11)9-21-17(19-3)23-13-6-8-24(10-13)16-14(18)5-4-7-20-16/h4-5,7,13H,6,8-10H2,1-3H3,(H2,19,21,23). The molecular formula is C17H23FN6S. The number of halogens is 1. The van der Waals surface area contributed by atoms with Gasteiger partial charge in [0.25, 0.3) is 0 Å². The molecule has 2 N–H and O–H groups in total. The van der Waals surface area contributed by atoms with Gasteiger partial charge in [0.2, 0.25) is 0 Å². The van der Waals surface area contributed by atoms with Gasteiger partial charge in [-0.2, -0.15) is 0 Å². The van der Waals surface area contributed by atoms with Gasteiger partial charge in [-0.3, -0.25) is 4.99 Å². The summed E-state index contributed by atoms with van der Waals surface area (Å²) >= 11 is 1.69. The van der Waals surface area contributed by atoms with Crippen molar-refractivity contribution >= 4 is 23.1 Å². The Hall–Kier alpha value is -2.22. The van der Waals surface area contributed by atoms with E-state index in [1.807, 2.05) is 11.8 Å². The van der Waals surface area contributed by atoms with Gasteiger partial charge < -0.3 is 15.5 Å². The SMILES string of the molecule is CN=C(NCc1nc(C)c(C)s1)NC1CCN(c2ncccc2F)C1. The van der Waals surface area contributed by atoms with E-state index in [2.05, 4.69) is 32.5 Å². The van der Waals surface area contributed by atoms with Crippen molar-refractivity contribution in [2.75, 3.05) is 25.0 Å². The van der Waals surface area contributed by atoms with Crippen LogP contribution in [-0.4, -0.2) is 42.1 Å². The van der Waals surface area contributed by atoms with Crippen LogP contribution in [0.1, 0.15) is 22.0 Å². The summed E-state index contributed by atoms with van der Waals surface area (Å²) in [4.78, 5) is 16.2. The number of anilines is 1. The number of thiazole rings is 1. The van der Waals surface area contributed by atoms with Gasteiger partial charge in [-0.1, -0.05) is 0 Å². The minimum absolute atomic E-state index is 0.201. The highest BCUT2D eigenvalue weighted by Crippen LogP contribution is 2.21. The molecule has 1 saturated heterocycles. The van der Waals surface area contributed by atoms with Crippen LogP contribution in [0.5, 0.6) is 0 Å². The van der Waals surface area contributed by atoms with Crippen molar-refractivity contribution in [2.24, 2.45) is 4.99 Å². The summed E-state index contributed by atoms with van der Waals surface area (Å²) in [6.07, 6.45) is 2.53. The minimum atomic E-state index is -0.278. The van der Waals surface area contributed by atoms with Gasteiger partial charge in [-0.15, -0.1) is 11.3 Å². The first kappa shape index (κ1) is 17.6. The van der Waals surface area contributed by atoms with Crippen LogP contribution in [0.4, 0.5) is 10.2 Å². The molecule has 0 bridgehead atoms. The monoisotopic (exact) mass is 362 g/mol. The molecule has 3 rings (SSSR count). The molecule has 0 spiro atoms. The predicted octanol–water partition coefficient (Wildman–Crippen LogP) is 2.24. The summed E-state index contributed by atoms with van der Waals surface area (Å²) in [6.45, 7) is 6.21. The third-order valence-corrected chi connectivity index (χ3v) is 5.34. The van der Waals surface area contributed by atoms with Crippen molar-refractivity contribution in [3.63, 3.8) is 0 Å². The number of nitrogens with one attached hydrogen (secondary N) is 2. The van der Waals surface area contributed by atoms with E-state index >= 15 is 0 Å². The fourth-order valence-electron chi connectivity index (χ4n) is 2.84. The normalized spacial score (nSPS) is 17.8. The molecule has 0 amide bonds. The average molecular weight is 362 g/mol. The zero-order valence-corrected chi connectivity index (χ0v) is 15.5. The predicted molar refractivity (Wildman–Crippen MR) is 99.7 cm³/mol. The van der Waals surface area contributed by atoms with E-state index < -0.39 is 0 Å². The summed E-state index contributed by atoms with van der Waals surface area (Å²) in [5.74, 6) is 0.877. The first-order valence-corrected chi connectivity index (χ1v) is 9.14. The Balaban J connectivity index is 1.53. The number of aryl methyl sites for hydroxylation is 2. The smallest absolute Gasteiger partial charge is 0.191 e. The fourth-order valence-corrected chi connectivity index (χ4v) is 3.72. The summed E-state index contributed by atoms with van der Waals surface area (Å²) in [6, 6.07) is 3.26. The van der Waals surface area contributed by atoms with Crippen LogP contribution in [0.25, 0.3) is 0 Å². The number of aliphatic imine (C=N–C) groups is 1. The van der Waals surface area contributed by atoms with Gasteiger partial charge in [-0.05, 0) is 32.4 Å². The van der Waals surface area contributed by atoms with E-state index in [-0.39, 0.29) is 11.9 Å². The molecule has 0 aromatic carbocycles. The molecule has 1 aliphatic rings. The molecule has 134 valence electrons. The van der Waals surface area contributed by atoms with Gasteiger partial charge in [0.1, 0.15) is 5.01 Å². The van der Waals surface area contributed by atoms with Crippen LogP contribution in [-0.2, 0) is 6.54 Å². The largest absolute Gasteiger partial charge is 0.352 e. The van der Waals surface area contributed by atoms with Crippen molar-refractivity contribution in [3.05, 3.63) is 39.7 Å². The van der Waals surface area contributed by atoms with Crippen LogP contribution in [0.2, 0.25) is 0 Å². The highest BCUT2D eigenvalue weighted by atomic mass is 32.1. The van der Waals surface area contributed by atoms with Crippen molar-refractivity contribution in [3.8, 4) is 0 Å². The van der Waals surface area contributed by atoms with E-state index in [1.165, 1.54) is 10.9 Å². The van der Waals surface area contributed by atoms with Crippen LogP contribution >= 0.6 is 11.3 Å². The first-order valence-electron chi connectivity index (χ1n) is 8.32. The Kier molecular flexibility index (Phi) is 5.47. The van der Waals surface area contributed by atoms with Crippen molar-refractivity contribution in [1.82, 2.24) is 20.6 Å². The molecular weight excluding hydrogens is 339 g/mol. The fraction of sp³-hybridized carbons (Fsp3) is 0.471. The number of hydrogen-bond donors (Lipinski definition) is 2. The Morgan fingerprint density at radius 1 is 1.48 bits per heavy atom. The van der Waals surface area contributed by atoms with E-state index in [1.54, 1.807) is 30.6 Å². The molecule has 0 radical (unpaired) electrons. The minimum Gasteiger partial charge on any atom is -0.352 e. The molecule has 8 heteroatoms. The summed E-state index contributed by atoms with van der Waals surface area (Å²) in [5.41, 5.74) is 1.08. The maximum atomic E-state index is 13.9. The number of rotatable bonds is 4. The molecule has 6 nitrogen and oxygen atoms in total. The van der Waals surface area contributed by atoms with E-state index in [0.717, 1.165) is 29.6 Å². The van der Waals surface area contributed by atoms with Gasteiger partial charge in [0.05, 0.1) is 12.2 Å². The number of hydrogen-bond acceptors (Lipinski definition) is 5. The van der Waals surface area contributed by atoms with Gasteiger partial charge in [-0.25, -0.2) is 14.4 Å². The summed E-state index contributed by atoms with van der Waals surface area (Å²) < 4.78 is 13.9. The zero-order valence-electron chi connectivity index (χ0n) is 14.7. The Morgan fingerprint density at radius 2 is 2.32 bits per heavy atom. The number of aromatic nitrogens is 2. The van der Waals surface area contributed by atoms with Crippen molar-refractivity contribution in [1.29, 1.82) is 0 Å². The van der Waals surface area contributed by atoms with Crippen LogP contribution in [0.3, 0.4) is 0 Å². The lowest BCUT2D eigenvalue weighted by Gasteiger charge is -2.19. The second kappa shape index (κ2) is 7.77. The molecule has 25 heavy (non-hydrogen) atoms. The van der Waals surface area contributed by atoms with E-state index in [4.69, 9.17) is 0 Å². The first-order chi connectivity index (χ1) is 12.1. The lowest BCUT2D eigenvalue weighted by atomic mass is 10.3. The van der Waals surface area contributed by atoms with Crippen LogP contribution in [0.15, 0.2) is 23.3 Å².